The minimum absolute atomic E-state index is 0.263. The number of aryl methyl sites for hydroxylation is 3. The van der Waals surface area contributed by atoms with E-state index in [2.05, 4.69) is 0 Å². The molecule has 29 heavy (non-hydrogen) atoms. The predicted octanol–water partition coefficient (Wildman–Crippen LogP) is 3.41. The van der Waals surface area contributed by atoms with Crippen molar-refractivity contribution in [2.75, 3.05) is 0 Å². The number of imide groups is 1. The summed E-state index contributed by atoms with van der Waals surface area (Å²) in [7, 11) is 0. The average molecular weight is 393 g/mol. The van der Waals surface area contributed by atoms with Crippen LogP contribution in [0.4, 0.5) is 0 Å². The first-order valence-electron chi connectivity index (χ1n) is 9.42. The summed E-state index contributed by atoms with van der Waals surface area (Å²) >= 11 is 0. The third-order valence-electron chi connectivity index (χ3n) is 5.26. The standard InChI is InChI=1S/C23H23NO5/c1-12-6-9-18-19(10-12)22(27)24(21(18)26)15(4)23(28)29-16(5)20(25)17-8-7-13(2)14(3)11-17/h6-11,15-16H,1-5H3. The van der Waals surface area contributed by atoms with Crippen LogP contribution >= 0.6 is 0 Å². The smallest absolute Gasteiger partial charge is 0.329 e. The molecule has 1 heterocycles. The number of rotatable bonds is 5. The summed E-state index contributed by atoms with van der Waals surface area (Å²) in [5.41, 5.74) is 3.84. The Morgan fingerprint density at radius 3 is 2.17 bits per heavy atom. The minimum Gasteiger partial charge on any atom is -0.453 e. The molecule has 0 bridgehead atoms. The van der Waals surface area contributed by atoms with Gasteiger partial charge in [0.15, 0.2) is 6.10 Å². The van der Waals surface area contributed by atoms with Crippen LogP contribution < -0.4 is 0 Å². The number of hydrogen-bond donors (Lipinski definition) is 0. The van der Waals surface area contributed by atoms with Crippen LogP contribution in [0.25, 0.3) is 0 Å². The zero-order valence-electron chi connectivity index (χ0n) is 17.1. The molecular formula is C23H23NO5. The van der Waals surface area contributed by atoms with E-state index >= 15 is 0 Å². The highest BCUT2D eigenvalue weighted by atomic mass is 16.5. The van der Waals surface area contributed by atoms with E-state index in [9.17, 15) is 19.2 Å². The normalized spacial score (nSPS) is 15.1. The summed E-state index contributed by atoms with van der Waals surface area (Å²) in [6.07, 6.45) is -1.04. The molecule has 3 rings (SSSR count). The van der Waals surface area contributed by atoms with Crippen LogP contribution in [-0.2, 0) is 9.53 Å². The van der Waals surface area contributed by atoms with Gasteiger partial charge in [-0.1, -0.05) is 23.8 Å². The van der Waals surface area contributed by atoms with Crippen LogP contribution in [0.1, 0.15) is 61.6 Å². The minimum atomic E-state index is -1.14. The largest absolute Gasteiger partial charge is 0.453 e. The van der Waals surface area contributed by atoms with Crippen LogP contribution in [-0.4, -0.2) is 40.6 Å². The molecule has 6 heteroatoms. The van der Waals surface area contributed by atoms with Crippen LogP contribution in [0, 0.1) is 20.8 Å². The highest BCUT2D eigenvalue weighted by Crippen LogP contribution is 2.26. The number of amides is 2. The summed E-state index contributed by atoms with van der Waals surface area (Å²) in [5.74, 6) is -2.22. The number of ketones is 1. The second-order valence-corrected chi connectivity index (χ2v) is 7.45. The van der Waals surface area contributed by atoms with Crippen molar-refractivity contribution in [3.05, 3.63) is 69.8 Å². The van der Waals surface area contributed by atoms with Gasteiger partial charge in [-0.25, -0.2) is 4.79 Å². The van der Waals surface area contributed by atoms with Crippen LogP contribution in [0.15, 0.2) is 36.4 Å². The zero-order valence-corrected chi connectivity index (χ0v) is 17.1. The lowest BCUT2D eigenvalue weighted by molar-refractivity contribution is -0.150. The molecule has 0 aliphatic carbocycles. The molecule has 2 aromatic carbocycles. The van der Waals surface area contributed by atoms with Crippen molar-refractivity contribution >= 4 is 23.6 Å². The third-order valence-corrected chi connectivity index (χ3v) is 5.26. The van der Waals surface area contributed by atoms with Crippen molar-refractivity contribution in [1.82, 2.24) is 4.90 Å². The van der Waals surface area contributed by atoms with Crippen molar-refractivity contribution in [1.29, 1.82) is 0 Å². The van der Waals surface area contributed by atoms with Gasteiger partial charge in [-0.15, -0.1) is 0 Å². The second kappa shape index (κ2) is 7.62. The molecule has 0 N–H and O–H groups in total. The number of carbonyl (C=O) groups is 4. The Hall–Kier alpha value is -3.28. The Bertz CT molecular complexity index is 1040. The van der Waals surface area contributed by atoms with Crippen molar-refractivity contribution in [3.63, 3.8) is 0 Å². The van der Waals surface area contributed by atoms with E-state index in [1.807, 2.05) is 26.8 Å². The van der Waals surface area contributed by atoms with E-state index < -0.39 is 29.9 Å². The number of hydrogen-bond acceptors (Lipinski definition) is 5. The Kier molecular flexibility index (Phi) is 5.38. The number of benzene rings is 2. The van der Waals surface area contributed by atoms with E-state index in [-0.39, 0.29) is 16.9 Å². The Morgan fingerprint density at radius 1 is 0.862 bits per heavy atom. The number of fused-ring (bicyclic) bond motifs is 1. The lowest BCUT2D eigenvalue weighted by atomic mass is 10.0. The highest BCUT2D eigenvalue weighted by molar-refractivity contribution is 6.22. The molecule has 0 spiro atoms. The molecule has 2 amide bonds. The zero-order chi connectivity index (χ0) is 21.5. The van der Waals surface area contributed by atoms with E-state index in [1.165, 1.54) is 13.8 Å². The van der Waals surface area contributed by atoms with Gasteiger partial charge >= 0.3 is 5.97 Å². The summed E-state index contributed by atoms with van der Waals surface area (Å²) in [5, 5.41) is 0. The summed E-state index contributed by atoms with van der Waals surface area (Å²) < 4.78 is 5.30. The number of nitrogens with zero attached hydrogens (tertiary/aromatic N) is 1. The fraction of sp³-hybridized carbons (Fsp3) is 0.304. The fourth-order valence-electron chi connectivity index (χ4n) is 3.29. The molecule has 0 saturated carbocycles. The molecule has 150 valence electrons. The van der Waals surface area contributed by atoms with Gasteiger partial charge in [0, 0.05) is 5.56 Å². The van der Waals surface area contributed by atoms with Crippen LogP contribution in [0.3, 0.4) is 0 Å². The van der Waals surface area contributed by atoms with Gasteiger partial charge in [0.2, 0.25) is 5.78 Å². The predicted molar refractivity (Wildman–Crippen MR) is 107 cm³/mol. The van der Waals surface area contributed by atoms with E-state index in [1.54, 1.807) is 30.3 Å². The van der Waals surface area contributed by atoms with Crippen molar-refractivity contribution < 1.29 is 23.9 Å². The van der Waals surface area contributed by atoms with E-state index in [0.29, 0.717) is 5.56 Å². The third kappa shape index (κ3) is 3.70. The van der Waals surface area contributed by atoms with E-state index in [0.717, 1.165) is 21.6 Å². The number of ether oxygens (including phenoxy) is 1. The van der Waals surface area contributed by atoms with Crippen molar-refractivity contribution in [3.8, 4) is 0 Å². The van der Waals surface area contributed by atoms with E-state index in [4.69, 9.17) is 4.74 Å². The Morgan fingerprint density at radius 2 is 1.52 bits per heavy atom. The lowest BCUT2D eigenvalue weighted by Gasteiger charge is -2.22. The average Bonchev–Trinajstić information content (AvgIpc) is 2.92. The summed E-state index contributed by atoms with van der Waals surface area (Å²) in [4.78, 5) is 51.3. The van der Waals surface area contributed by atoms with Crippen LogP contribution in [0.5, 0.6) is 0 Å². The number of carbonyl (C=O) groups excluding carboxylic acids is 4. The molecule has 2 aromatic rings. The topological polar surface area (TPSA) is 80.8 Å². The first-order chi connectivity index (χ1) is 13.6. The van der Waals surface area contributed by atoms with Gasteiger partial charge in [-0.05, 0) is 63.9 Å². The SMILES string of the molecule is Cc1ccc2c(c1)C(=O)N(C(C)C(=O)OC(C)C(=O)c1ccc(C)c(C)c1)C2=O. The van der Waals surface area contributed by atoms with Crippen LogP contribution in [0.2, 0.25) is 0 Å². The highest BCUT2D eigenvalue weighted by Gasteiger charge is 2.42. The van der Waals surface area contributed by atoms with Gasteiger partial charge < -0.3 is 4.74 Å². The quantitative estimate of drug-likeness (QED) is 0.442. The molecule has 6 nitrogen and oxygen atoms in total. The first-order valence-corrected chi connectivity index (χ1v) is 9.42. The van der Waals surface area contributed by atoms with Crippen molar-refractivity contribution in [2.45, 2.75) is 46.8 Å². The molecule has 2 atom stereocenters. The molecule has 0 saturated heterocycles. The molecule has 1 aliphatic rings. The Labute approximate surface area is 169 Å². The monoisotopic (exact) mass is 393 g/mol. The second-order valence-electron chi connectivity index (χ2n) is 7.45. The Balaban J connectivity index is 1.73. The fourth-order valence-corrected chi connectivity index (χ4v) is 3.29. The van der Waals surface area contributed by atoms with Gasteiger partial charge in [0.25, 0.3) is 11.8 Å². The van der Waals surface area contributed by atoms with Gasteiger partial charge in [-0.2, -0.15) is 0 Å². The maximum Gasteiger partial charge on any atom is 0.329 e. The molecular weight excluding hydrogens is 370 g/mol. The maximum atomic E-state index is 12.6. The number of esters is 1. The lowest BCUT2D eigenvalue weighted by Crippen LogP contribution is -2.45. The van der Waals surface area contributed by atoms with Crippen molar-refractivity contribution in [2.24, 2.45) is 0 Å². The first kappa shape index (κ1) is 20.5. The number of Topliss-reactive ketones (excluding diaryl/α,β-unsaturated/α-hetero) is 1. The summed E-state index contributed by atoms with van der Waals surface area (Å²) in [6, 6.07) is 9.07. The molecule has 2 unspecified atom stereocenters. The van der Waals surface area contributed by atoms with Gasteiger partial charge in [0.1, 0.15) is 6.04 Å². The van der Waals surface area contributed by atoms with Gasteiger partial charge in [0.05, 0.1) is 11.1 Å². The molecule has 1 aliphatic heterocycles. The molecule has 0 radical (unpaired) electrons. The maximum absolute atomic E-state index is 12.6. The molecule has 0 aromatic heterocycles. The molecule has 0 fully saturated rings. The summed E-state index contributed by atoms with van der Waals surface area (Å²) in [6.45, 7) is 8.56. The van der Waals surface area contributed by atoms with Gasteiger partial charge in [-0.3, -0.25) is 19.3 Å².